The van der Waals surface area contributed by atoms with Gasteiger partial charge in [0.2, 0.25) is 0 Å². The summed E-state index contributed by atoms with van der Waals surface area (Å²) in [5, 5.41) is 12.1. The van der Waals surface area contributed by atoms with Gasteiger partial charge in [-0.05, 0) is 12.8 Å². The summed E-state index contributed by atoms with van der Waals surface area (Å²) in [6.07, 6.45) is 1.86. The fourth-order valence-corrected chi connectivity index (χ4v) is 1.80. The van der Waals surface area contributed by atoms with Crippen LogP contribution in [0.1, 0.15) is 12.8 Å². The number of nitrogens with one attached hydrogen (secondary N) is 1. The lowest BCUT2D eigenvalue weighted by atomic mass is 9.94. The van der Waals surface area contributed by atoms with Crippen molar-refractivity contribution in [3.8, 4) is 0 Å². The highest BCUT2D eigenvalue weighted by molar-refractivity contribution is 5.73. The van der Waals surface area contributed by atoms with E-state index in [0.717, 1.165) is 19.4 Å². The van der Waals surface area contributed by atoms with Gasteiger partial charge in [-0.25, -0.2) is 0 Å². The van der Waals surface area contributed by atoms with E-state index >= 15 is 0 Å². The molecule has 5 nitrogen and oxygen atoms in total. The second-order valence-electron chi connectivity index (χ2n) is 3.74. The third kappa shape index (κ3) is 4.15. The number of methoxy groups -OCH3 is 1. The molecule has 1 heterocycles. The third-order valence-electron chi connectivity index (χ3n) is 2.60. The average molecular weight is 217 g/mol. The van der Waals surface area contributed by atoms with E-state index in [1.54, 1.807) is 7.11 Å². The molecule has 0 aliphatic carbocycles. The van der Waals surface area contributed by atoms with Gasteiger partial charge in [0.1, 0.15) is 6.04 Å². The summed E-state index contributed by atoms with van der Waals surface area (Å²) >= 11 is 0. The zero-order valence-electron chi connectivity index (χ0n) is 9.07. The van der Waals surface area contributed by atoms with Gasteiger partial charge in [-0.3, -0.25) is 4.79 Å². The van der Waals surface area contributed by atoms with Gasteiger partial charge in [0.15, 0.2) is 0 Å². The van der Waals surface area contributed by atoms with E-state index in [1.165, 1.54) is 0 Å². The van der Waals surface area contributed by atoms with Crippen molar-refractivity contribution in [3.05, 3.63) is 0 Å². The van der Waals surface area contributed by atoms with E-state index in [9.17, 15) is 4.79 Å². The van der Waals surface area contributed by atoms with Crippen molar-refractivity contribution in [1.29, 1.82) is 0 Å². The number of hydrogen-bond donors (Lipinski definition) is 2. The van der Waals surface area contributed by atoms with Crippen LogP contribution in [-0.4, -0.2) is 50.6 Å². The van der Waals surface area contributed by atoms with Gasteiger partial charge in [0.05, 0.1) is 13.2 Å². The van der Waals surface area contributed by atoms with Gasteiger partial charge < -0.3 is 19.9 Å². The molecule has 2 atom stereocenters. The molecule has 2 unspecified atom stereocenters. The molecule has 1 aliphatic heterocycles. The Morgan fingerprint density at radius 3 is 3.07 bits per heavy atom. The highest BCUT2D eigenvalue weighted by Crippen LogP contribution is 2.17. The summed E-state index contributed by atoms with van der Waals surface area (Å²) in [6.45, 7) is 2.37. The molecule has 1 rings (SSSR count). The van der Waals surface area contributed by atoms with Gasteiger partial charge in [0.25, 0.3) is 0 Å². The Bertz CT molecular complexity index is 192. The molecule has 0 spiro atoms. The van der Waals surface area contributed by atoms with E-state index in [1.807, 2.05) is 0 Å². The zero-order chi connectivity index (χ0) is 11.1. The number of carboxylic acid groups (broad SMARTS) is 1. The zero-order valence-corrected chi connectivity index (χ0v) is 9.07. The van der Waals surface area contributed by atoms with Gasteiger partial charge in [-0.2, -0.15) is 0 Å². The van der Waals surface area contributed by atoms with Gasteiger partial charge in [-0.1, -0.05) is 0 Å². The topological polar surface area (TPSA) is 67.8 Å². The molecule has 1 aliphatic rings. The first-order valence-corrected chi connectivity index (χ1v) is 5.28. The van der Waals surface area contributed by atoms with Crippen molar-refractivity contribution in [2.45, 2.75) is 18.9 Å². The van der Waals surface area contributed by atoms with Crippen molar-refractivity contribution in [3.63, 3.8) is 0 Å². The Balaban J connectivity index is 2.37. The predicted molar refractivity (Wildman–Crippen MR) is 54.8 cm³/mol. The van der Waals surface area contributed by atoms with E-state index in [-0.39, 0.29) is 5.92 Å². The smallest absolute Gasteiger partial charge is 0.321 e. The fourth-order valence-electron chi connectivity index (χ4n) is 1.80. The van der Waals surface area contributed by atoms with Crippen molar-refractivity contribution >= 4 is 5.97 Å². The van der Waals surface area contributed by atoms with Crippen LogP contribution in [0, 0.1) is 5.92 Å². The second kappa shape index (κ2) is 6.76. The van der Waals surface area contributed by atoms with Crippen molar-refractivity contribution in [2.24, 2.45) is 5.92 Å². The molecule has 2 N–H and O–H groups in total. The largest absolute Gasteiger partial charge is 0.480 e. The normalized spacial score (nSPS) is 23.7. The van der Waals surface area contributed by atoms with Gasteiger partial charge in [0, 0.05) is 26.2 Å². The molecule has 0 saturated carbocycles. The molecule has 0 bridgehead atoms. The number of carboxylic acids is 1. The minimum absolute atomic E-state index is 0.0770. The van der Waals surface area contributed by atoms with Crippen molar-refractivity contribution < 1.29 is 19.4 Å². The number of aliphatic carboxylic acids is 1. The highest BCUT2D eigenvalue weighted by Gasteiger charge is 2.29. The summed E-state index contributed by atoms with van der Waals surface area (Å²) in [5.41, 5.74) is 0. The summed E-state index contributed by atoms with van der Waals surface area (Å²) in [5.74, 6) is -0.727. The number of rotatable bonds is 6. The fraction of sp³-hybridized carbons (Fsp3) is 0.900. The molecular weight excluding hydrogens is 198 g/mol. The Labute approximate surface area is 89.8 Å². The molecular formula is C10H19NO4. The Morgan fingerprint density at radius 2 is 2.53 bits per heavy atom. The lowest BCUT2D eigenvalue weighted by molar-refractivity contribution is -0.142. The van der Waals surface area contributed by atoms with Crippen LogP contribution in [0.3, 0.4) is 0 Å². The maximum atomic E-state index is 11.0. The van der Waals surface area contributed by atoms with E-state index in [2.05, 4.69) is 5.32 Å². The molecule has 5 heteroatoms. The molecule has 0 radical (unpaired) electrons. The lowest BCUT2D eigenvalue weighted by Gasteiger charge is -2.28. The first kappa shape index (κ1) is 12.4. The van der Waals surface area contributed by atoms with E-state index < -0.39 is 12.0 Å². The minimum Gasteiger partial charge on any atom is -0.480 e. The van der Waals surface area contributed by atoms with Gasteiger partial charge >= 0.3 is 5.97 Å². The summed E-state index contributed by atoms with van der Waals surface area (Å²) in [7, 11) is 1.60. The van der Waals surface area contributed by atoms with E-state index in [4.69, 9.17) is 14.6 Å². The first-order chi connectivity index (χ1) is 7.25. The number of carbonyl (C=O) groups is 1. The van der Waals surface area contributed by atoms with Crippen LogP contribution in [0.4, 0.5) is 0 Å². The SMILES string of the molecule is COCCNC(C(=O)O)C1CCCOC1. The quantitative estimate of drug-likeness (QED) is 0.618. The summed E-state index contributed by atoms with van der Waals surface area (Å²) in [6, 6.07) is -0.513. The Kier molecular flexibility index (Phi) is 5.60. The van der Waals surface area contributed by atoms with Crippen LogP contribution < -0.4 is 5.32 Å². The molecule has 0 amide bonds. The lowest BCUT2D eigenvalue weighted by Crippen LogP contribution is -2.46. The highest BCUT2D eigenvalue weighted by atomic mass is 16.5. The van der Waals surface area contributed by atoms with Crippen LogP contribution in [-0.2, 0) is 14.3 Å². The predicted octanol–water partition coefficient (Wildman–Crippen LogP) is 0.102. The molecule has 15 heavy (non-hydrogen) atoms. The van der Waals surface area contributed by atoms with Crippen LogP contribution in [0.2, 0.25) is 0 Å². The monoisotopic (exact) mass is 217 g/mol. The Hall–Kier alpha value is -0.650. The molecule has 1 saturated heterocycles. The number of hydrogen-bond acceptors (Lipinski definition) is 4. The maximum Gasteiger partial charge on any atom is 0.321 e. The summed E-state index contributed by atoms with van der Waals surface area (Å²) < 4.78 is 10.2. The molecule has 88 valence electrons. The van der Waals surface area contributed by atoms with Crippen LogP contribution in [0.5, 0.6) is 0 Å². The standard InChI is InChI=1S/C10H19NO4/c1-14-6-4-11-9(10(12)13)8-3-2-5-15-7-8/h8-9,11H,2-7H2,1H3,(H,12,13). The van der Waals surface area contributed by atoms with Gasteiger partial charge in [-0.15, -0.1) is 0 Å². The average Bonchev–Trinajstić information content (AvgIpc) is 2.25. The third-order valence-corrected chi connectivity index (χ3v) is 2.60. The van der Waals surface area contributed by atoms with E-state index in [0.29, 0.717) is 19.8 Å². The number of ether oxygens (including phenoxy) is 2. The molecule has 0 aromatic heterocycles. The second-order valence-corrected chi connectivity index (χ2v) is 3.74. The maximum absolute atomic E-state index is 11.0. The first-order valence-electron chi connectivity index (χ1n) is 5.28. The minimum atomic E-state index is -0.804. The van der Waals surface area contributed by atoms with Crippen molar-refractivity contribution in [1.82, 2.24) is 5.32 Å². The molecule has 0 aromatic carbocycles. The summed E-state index contributed by atoms with van der Waals surface area (Å²) in [4.78, 5) is 11.0. The molecule has 0 aromatic rings. The molecule has 1 fully saturated rings. The van der Waals surface area contributed by atoms with Crippen LogP contribution in [0.25, 0.3) is 0 Å². The van der Waals surface area contributed by atoms with Crippen LogP contribution in [0.15, 0.2) is 0 Å². The Morgan fingerprint density at radius 1 is 1.73 bits per heavy atom. The van der Waals surface area contributed by atoms with Crippen LogP contribution >= 0.6 is 0 Å². The van der Waals surface area contributed by atoms with Crippen molar-refractivity contribution in [2.75, 3.05) is 33.5 Å².